The van der Waals surface area contributed by atoms with Crippen LogP contribution in [0.2, 0.25) is 0 Å². The van der Waals surface area contributed by atoms with Crippen LogP contribution in [0.25, 0.3) is 0 Å². The Kier molecular flexibility index (Phi) is 2.31. The van der Waals surface area contributed by atoms with Crippen LogP contribution in [-0.4, -0.2) is 28.3 Å². The van der Waals surface area contributed by atoms with E-state index in [2.05, 4.69) is 0 Å². The Morgan fingerprint density at radius 3 is 2.11 bits per heavy atom. The standard InChI is InChI=1S/C3H3NO5/c5-2(3(6)7)1-4(8)9/h1H2,(H,6,7). The van der Waals surface area contributed by atoms with E-state index in [4.69, 9.17) is 5.11 Å². The molecule has 0 saturated carbocycles. The number of carboxylic acids is 1. The molecule has 0 atom stereocenters. The second-order valence-corrected chi connectivity index (χ2v) is 1.22. The maximum atomic E-state index is 9.91. The van der Waals surface area contributed by atoms with Crippen LogP contribution in [0.15, 0.2) is 0 Å². The Morgan fingerprint density at radius 1 is 1.56 bits per heavy atom. The summed E-state index contributed by atoms with van der Waals surface area (Å²) in [6.45, 7) is -1.14. The highest BCUT2D eigenvalue weighted by atomic mass is 16.6. The lowest BCUT2D eigenvalue weighted by atomic mass is 10.4. The number of rotatable bonds is 3. The number of nitro groups is 1. The van der Waals surface area contributed by atoms with Gasteiger partial charge in [0.25, 0.3) is 6.54 Å². The molecule has 0 heterocycles. The van der Waals surface area contributed by atoms with Crippen molar-refractivity contribution in [3.05, 3.63) is 10.1 Å². The smallest absolute Gasteiger partial charge is 0.379 e. The van der Waals surface area contributed by atoms with E-state index in [9.17, 15) is 19.7 Å². The summed E-state index contributed by atoms with van der Waals surface area (Å²) in [5.74, 6) is -3.17. The fourth-order valence-corrected chi connectivity index (χ4v) is 0.185. The molecule has 9 heavy (non-hydrogen) atoms. The van der Waals surface area contributed by atoms with Crippen LogP contribution in [0.3, 0.4) is 0 Å². The molecule has 0 amide bonds. The van der Waals surface area contributed by atoms with Crippen LogP contribution in [0.4, 0.5) is 0 Å². The Bertz CT molecular complexity index is 162. The molecule has 1 N–H and O–H groups in total. The summed E-state index contributed by atoms with van der Waals surface area (Å²) in [5, 5.41) is 17.2. The van der Waals surface area contributed by atoms with Crippen molar-refractivity contribution in [1.29, 1.82) is 0 Å². The minimum Gasteiger partial charge on any atom is -0.475 e. The van der Waals surface area contributed by atoms with Crippen molar-refractivity contribution in [3.8, 4) is 0 Å². The molecule has 0 aromatic carbocycles. The summed E-state index contributed by atoms with van der Waals surface area (Å²) in [7, 11) is 0. The minimum atomic E-state index is -1.77. The summed E-state index contributed by atoms with van der Waals surface area (Å²) < 4.78 is 0. The van der Waals surface area contributed by atoms with E-state index in [1.807, 2.05) is 0 Å². The lowest BCUT2D eigenvalue weighted by molar-refractivity contribution is -0.466. The van der Waals surface area contributed by atoms with Gasteiger partial charge in [0.1, 0.15) is 0 Å². The summed E-state index contributed by atoms with van der Waals surface area (Å²) >= 11 is 0. The molecule has 0 bridgehead atoms. The molecule has 0 unspecified atom stereocenters. The first-order valence-electron chi connectivity index (χ1n) is 1.92. The molecule has 6 nitrogen and oxygen atoms in total. The number of ketones is 1. The largest absolute Gasteiger partial charge is 0.475 e. The zero-order valence-corrected chi connectivity index (χ0v) is 4.23. The molecule has 50 valence electrons. The first kappa shape index (κ1) is 7.54. The van der Waals surface area contributed by atoms with Crippen LogP contribution in [0.1, 0.15) is 0 Å². The third kappa shape index (κ3) is 3.15. The summed E-state index contributed by atoms with van der Waals surface area (Å²) in [5.41, 5.74) is 0. The van der Waals surface area contributed by atoms with Gasteiger partial charge in [-0.2, -0.15) is 0 Å². The first-order chi connectivity index (χ1) is 4.04. The number of hydrogen-bond donors (Lipinski definition) is 1. The van der Waals surface area contributed by atoms with E-state index >= 15 is 0 Å². The molecule has 0 spiro atoms. The van der Waals surface area contributed by atoms with E-state index in [1.165, 1.54) is 0 Å². The maximum absolute atomic E-state index is 9.91. The van der Waals surface area contributed by atoms with Crippen molar-refractivity contribution in [2.24, 2.45) is 0 Å². The second kappa shape index (κ2) is 2.75. The summed E-state index contributed by atoms with van der Waals surface area (Å²) in [6, 6.07) is 0. The van der Waals surface area contributed by atoms with Gasteiger partial charge in [0, 0.05) is 4.92 Å². The number of nitrogens with zero attached hydrogens (tertiary/aromatic N) is 1. The van der Waals surface area contributed by atoms with Crippen molar-refractivity contribution in [3.63, 3.8) is 0 Å². The number of aliphatic carboxylic acids is 1. The van der Waals surface area contributed by atoms with Crippen molar-refractivity contribution >= 4 is 11.8 Å². The summed E-state index contributed by atoms with van der Waals surface area (Å²) in [6.07, 6.45) is 0. The zero-order chi connectivity index (χ0) is 7.44. The Hall–Kier alpha value is -1.46. The van der Waals surface area contributed by atoms with Crippen LogP contribution >= 0.6 is 0 Å². The quantitative estimate of drug-likeness (QED) is 0.300. The van der Waals surface area contributed by atoms with E-state index in [0.29, 0.717) is 0 Å². The molecule has 6 heteroatoms. The monoisotopic (exact) mass is 133 g/mol. The molecule has 0 aliphatic rings. The molecule has 0 aromatic rings. The average Bonchev–Trinajstić information content (AvgIpc) is 1.63. The highest BCUT2D eigenvalue weighted by Gasteiger charge is 2.17. The van der Waals surface area contributed by atoms with Gasteiger partial charge in [0.05, 0.1) is 0 Å². The van der Waals surface area contributed by atoms with E-state index in [0.717, 1.165) is 0 Å². The first-order valence-corrected chi connectivity index (χ1v) is 1.92. The fraction of sp³-hybridized carbons (Fsp3) is 0.333. The van der Waals surface area contributed by atoms with E-state index in [1.54, 1.807) is 0 Å². The van der Waals surface area contributed by atoms with E-state index < -0.39 is 23.2 Å². The predicted molar refractivity (Wildman–Crippen MR) is 24.5 cm³/mol. The lowest BCUT2D eigenvalue weighted by Crippen LogP contribution is -2.21. The molecule has 0 aromatic heterocycles. The van der Waals surface area contributed by atoms with Crippen molar-refractivity contribution in [2.45, 2.75) is 0 Å². The SMILES string of the molecule is O=C(O)C(=O)C[N+](=O)[O-]. The molecule has 0 rings (SSSR count). The van der Waals surface area contributed by atoms with Crippen molar-refractivity contribution in [2.75, 3.05) is 6.54 Å². The Morgan fingerprint density at radius 2 is 2.00 bits per heavy atom. The van der Waals surface area contributed by atoms with Gasteiger partial charge in [-0.15, -0.1) is 0 Å². The average molecular weight is 133 g/mol. The Labute approximate surface area is 49.2 Å². The van der Waals surface area contributed by atoms with Crippen LogP contribution in [-0.2, 0) is 9.59 Å². The molecule has 0 aliphatic heterocycles. The van der Waals surface area contributed by atoms with Crippen LogP contribution < -0.4 is 0 Å². The van der Waals surface area contributed by atoms with Gasteiger partial charge in [-0.3, -0.25) is 14.9 Å². The van der Waals surface area contributed by atoms with Gasteiger partial charge in [0.15, 0.2) is 0 Å². The zero-order valence-electron chi connectivity index (χ0n) is 4.23. The van der Waals surface area contributed by atoms with Gasteiger partial charge >= 0.3 is 11.8 Å². The minimum absolute atomic E-state index is 0.990. The van der Waals surface area contributed by atoms with Crippen LogP contribution in [0.5, 0.6) is 0 Å². The van der Waals surface area contributed by atoms with E-state index in [-0.39, 0.29) is 0 Å². The van der Waals surface area contributed by atoms with Gasteiger partial charge in [-0.25, -0.2) is 4.79 Å². The molecule has 0 fully saturated rings. The number of carboxylic acid groups (broad SMARTS) is 1. The maximum Gasteiger partial charge on any atom is 0.379 e. The highest BCUT2D eigenvalue weighted by molar-refractivity contribution is 6.33. The highest BCUT2D eigenvalue weighted by Crippen LogP contribution is 1.73. The molecular formula is C3H3NO5. The number of carbonyl (C=O) groups is 2. The van der Waals surface area contributed by atoms with Crippen molar-refractivity contribution in [1.82, 2.24) is 0 Å². The number of Topliss-reactive ketones (excluding diaryl/α,β-unsaturated/α-hetero) is 1. The van der Waals surface area contributed by atoms with Gasteiger partial charge in [0.2, 0.25) is 0 Å². The van der Waals surface area contributed by atoms with Gasteiger partial charge < -0.3 is 5.11 Å². The van der Waals surface area contributed by atoms with Gasteiger partial charge in [-0.1, -0.05) is 0 Å². The molecular weight excluding hydrogens is 130 g/mol. The van der Waals surface area contributed by atoms with Crippen LogP contribution in [0, 0.1) is 10.1 Å². The van der Waals surface area contributed by atoms with Crippen molar-refractivity contribution < 1.29 is 19.6 Å². The Balaban J connectivity index is 3.79. The molecule has 0 aliphatic carbocycles. The number of carbonyl (C=O) groups excluding carboxylic acids is 1. The third-order valence-corrected chi connectivity index (χ3v) is 0.511. The number of hydrogen-bond acceptors (Lipinski definition) is 4. The topological polar surface area (TPSA) is 97.5 Å². The normalized spacial score (nSPS) is 8.44. The van der Waals surface area contributed by atoms with Gasteiger partial charge in [-0.05, 0) is 0 Å². The predicted octanol–water partition coefficient (Wildman–Crippen LogP) is -1.08. The molecule has 0 radical (unpaired) electrons. The summed E-state index contributed by atoms with van der Waals surface area (Å²) in [4.78, 5) is 27.9. The second-order valence-electron chi connectivity index (χ2n) is 1.22. The fourth-order valence-electron chi connectivity index (χ4n) is 0.185. The third-order valence-electron chi connectivity index (χ3n) is 0.511. The molecule has 0 saturated heterocycles. The lowest BCUT2D eigenvalue weighted by Gasteiger charge is -1.84.